The number of rotatable bonds is 4. The minimum atomic E-state index is -0.529. The zero-order valence-corrected chi connectivity index (χ0v) is 14.1. The summed E-state index contributed by atoms with van der Waals surface area (Å²) < 4.78 is 14.4. The summed E-state index contributed by atoms with van der Waals surface area (Å²) in [5.74, 6) is -0.0237. The van der Waals surface area contributed by atoms with E-state index >= 15 is 0 Å². The van der Waals surface area contributed by atoms with Gasteiger partial charge < -0.3 is 10.2 Å². The summed E-state index contributed by atoms with van der Waals surface area (Å²) in [6.45, 7) is 2.38. The highest BCUT2D eigenvalue weighted by atomic mass is 79.9. The van der Waals surface area contributed by atoms with E-state index in [-0.39, 0.29) is 5.56 Å². The standard InChI is InChI=1S/C17H17BrFN3O/c18-13-3-4-15(19)14(10-13)17(23)21-11-12-5-6-20-16(9-12)22-7-1-2-8-22/h3-6,9-10H,1-2,7-8,11H2,(H,21,23). The second kappa shape index (κ2) is 7.08. The highest BCUT2D eigenvalue weighted by Gasteiger charge is 2.15. The number of nitrogens with one attached hydrogen (secondary N) is 1. The van der Waals surface area contributed by atoms with Crippen LogP contribution in [-0.2, 0) is 6.54 Å². The summed E-state index contributed by atoms with van der Waals surface area (Å²) in [4.78, 5) is 18.7. The number of anilines is 1. The van der Waals surface area contributed by atoms with Crippen LogP contribution >= 0.6 is 15.9 Å². The van der Waals surface area contributed by atoms with Gasteiger partial charge in [-0.2, -0.15) is 0 Å². The average molecular weight is 378 g/mol. The highest BCUT2D eigenvalue weighted by molar-refractivity contribution is 9.10. The summed E-state index contributed by atoms with van der Waals surface area (Å²) in [6, 6.07) is 8.15. The van der Waals surface area contributed by atoms with E-state index in [0.717, 1.165) is 24.5 Å². The lowest BCUT2D eigenvalue weighted by molar-refractivity contribution is 0.0947. The number of benzene rings is 1. The molecule has 2 heterocycles. The Labute approximate surface area is 142 Å². The van der Waals surface area contributed by atoms with Gasteiger partial charge in [0, 0.05) is 30.3 Å². The van der Waals surface area contributed by atoms with Crippen LogP contribution in [0.4, 0.5) is 10.2 Å². The van der Waals surface area contributed by atoms with Gasteiger partial charge in [0.1, 0.15) is 11.6 Å². The number of nitrogens with zero attached hydrogens (tertiary/aromatic N) is 2. The van der Waals surface area contributed by atoms with Crippen LogP contribution in [0.1, 0.15) is 28.8 Å². The van der Waals surface area contributed by atoms with Crippen molar-refractivity contribution in [3.8, 4) is 0 Å². The monoisotopic (exact) mass is 377 g/mol. The molecule has 1 fully saturated rings. The van der Waals surface area contributed by atoms with E-state index in [1.165, 1.54) is 25.0 Å². The molecule has 0 unspecified atom stereocenters. The van der Waals surface area contributed by atoms with Crippen molar-refractivity contribution in [3.63, 3.8) is 0 Å². The minimum Gasteiger partial charge on any atom is -0.357 e. The first-order valence-electron chi connectivity index (χ1n) is 7.56. The third-order valence-electron chi connectivity index (χ3n) is 3.87. The molecule has 0 atom stereocenters. The van der Waals surface area contributed by atoms with Gasteiger partial charge in [-0.15, -0.1) is 0 Å². The van der Waals surface area contributed by atoms with Crippen LogP contribution in [0, 0.1) is 5.82 Å². The van der Waals surface area contributed by atoms with Gasteiger partial charge in [-0.1, -0.05) is 15.9 Å². The van der Waals surface area contributed by atoms with Gasteiger partial charge in [-0.3, -0.25) is 4.79 Å². The second-order valence-electron chi connectivity index (χ2n) is 5.52. The Kier molecular flexibility index (Phi) is 4.91. The molecule has 0 bridgehead atoms. The molecular weight excluding hydrogens is 361 g/mol. The third-order valence-corrected chi connectivity index (χ3v) is 4.36. The highest BCUT2D eigenvalue weighted by Crippen LogP contribution is 2.19. The van der Waals surface area contributed by atoms with Gasteiger partial charge in [0.2, 0.25) is 0 Å². The van der Waals surface area contributed by atoms with Gasteiger partial charge in [0.05, 0.1) is 5.56 Å². The molecule has 1 amide bonds. The molecule has 2 aromatic rings. The smallest absolute Gasteiger partial charge is 0.254 e. The number of halogens is 2. The van der Waals surface area contributed by atoms with E-state index < -0.39 is 11.7 Å². The fourth-order valence-electron chi connectivity index (χ4n) is 2.64. The lowest BCUT2D eigenvalue weighted by Crippen LogP contribution is -2.24. The van der Waals surface area contributed by atoms with E-state index in [0.29, 0.717) is 11.0 Å². The Morgan fingerprint density at radius 1 is 1.26 bits per heavy atom. The van der Waals surface area contributed by atoms with Crippen LogP contribution in [0.5, 0.6) is 0 Å². The summed E-state index contributed by atoms with van der Waals surface area (Å²) in [6.07, 6.45) is 4.12. The molecule has 6 heteroatoms. The zero-order chi connectivity index (χ0) is 16.2. The molecule has 4 nitrogen and oxygen atoms in total. The SMILES string of the molecule is O=C(NCc1ccnc(N2CCCC2)c1)c1cc(Br)ccc1F. The molecule has 1 aromatic carbocycles. The van der Waals surface area contributed by atoms with Crippen LogP contribution in [0.2, 0.25) is 0 Å². The molecule has 1 aromatic heterocycles. The maximum atomic E-state index is 13.7. The summed E-state index contributed by atoms with van der Waals surface area (Å²) in [5, 5.41) is 2.76. The zero-order valence-electron chi connectivity index (χ0n) is 12.6. The maximum absolute atomic E-state index is 13.7. The predicted molar refractivity (Wildman–Crippen MR) is 91.0 cm³/mol. The van der Waals surface area contributed by atoms with Crippen molar-refractivity contribution in [2.75, 3.05) is 18.0 Å². The third kappa shape index (κ3) is 3.88. The van der Waals surface area contributed by atoms with Crippen molar-refractivity contribution in [1.82, 2.24) is 10.3 Å². The fourth-order valence-corrected chi connectivity index (χ4v) is 3.00. The number of carbonyl (C=O) groups excluding carboxylic acids is 1. The van der Waals surface area contributed by atoms with Crippen LogP contribution in [0.3, 0.4) is 0 Å². The molecule has 1 aliphatic rings. The van der Waals surface area contributed by atoms with Gasteiger partial charge in [0.15, 0.2) is 0 Å². The van der Waals surface area contributed by atoms with E-state index in [4.69, 9.17) is 0 Å². The lowest BCUT2D eigenvalue weighted by atomic mass is 10.2. The van der Waals surface area contributed by atoms with Gasteiger partial charge >= 0.3 is 0 Å². The fraction of sp³-hybridized carbons (Fsp3) is 0.294. The number of hydrogen-bond acceptors (Lipinski definition) is 3. The minimum absolute atomic E-state index is 0.0354. The number of pyridine rings is 1. The molecule has 0 radical (unpaired) electrons. The van der Waals surface area contributed by atoms with Crippen LogP contribution in [-0.4, -0.2) is 24.0 Å². The van der Waals surface area contributed by atoms with Crippen LogP contribution in [0.15, 0.2) is 41.0 Å². The number of amides is 1. The first kappa shape index (κ1) is 15.9. The van der Waals surface area contributed by atoms with Crippen molar-refractivity contribution in [2.45, 2.75) is 19.4 Å². The molecule has 1 N–H and O–H groups in total. The molecule has 0 saturated carbocycles. The van der Waals surface area contributed by atoms with E-state index in [1.54, 1.807) is 12.3 Å². The Balaban J connectivity index is 1.67. The largest absolute Gasteiger partial charge is 0.357 e. The first-order chi connectivity index (χ1) is 11.1. The topological polar surface area (TPSA) is 45.2 Å². The van der Waals surface area contributed by atoms with Gasteiger partial charge in [-0.05, 0) is 48.7 Å². The summed E-state index contributed by atoms with van der Waals surface area (Å²) in [7, 11) is 0. The van der Waals surface area contributed by atoms with Crippen LogP contribution in [0.25, 0.3) is 0 Å². The Hall–Kier alpha value is -1.95. The quantitative estimate of drug-likeness (QED) is 0.886. The molecule has 0 spiro atoms. The summed E-state index contributed by atoms with van der Waals surface area (Å²) >= 11 is 3.25. The van der Waals surface area contributed by atoms with Crippen molar-refractivity contribution in [2.24, 2.45) is 0 Å². The second-order valence-corrected chi connectivity index (χ2v) is 6.44. The lowest BCUT2D eigenvalue weighted by Gasteiger charge is -2.17. The Morgan fingerprint density at radius 2 is 2.04 bits per heavy atom. The molecule has 23 heavy (non-hydrogen) atoms. The van der Waals surface area contributed by atoms with Gasteiger partial charge in [0.25, 0.3) is 5.91 Å². The first-order valence-corrected chi connectivity index (χ1v) is 8.36. The number of hydrogen-bond donors (Lipinski definition) is 1. The molecule has 120 valence electrons. The van der Waals surface area contributed by atoms with Crippen molar-refractivity contribution < 1.29 is 9.18 Å². The molecule has 1 aliphatic heterocycles. The molecule has 0 aliphatic carbocycles. The van der Waals surface area contributed by atoms with Crippen molar-refractivity contribution in [3.05, 3.63) is 57.9 Å². The summed E-state index contributed by atoms with van der Waals surface area (Å²) in [5.41, 5.74) is 0.985. The molecule has 3 rings (SSSR count). The Bertz CT molecular complexity index is 717. The average Bonchev–Trinajstić information content (AvgIpc) is 3.10. The van der Waals surface area contributed by atoms with E-state index in [2.05, 4.69) is 31.1 Å². The van der Waals surface area contributed by atoms with Crippen molar-refractivity contribution in [1.29, 1.82) is 0 Å². The Morgan fingerprint density at radius 3 is 2.83 bits per heavy atom. The molecular formula is C17H17BrFN3O. The number of aromatic nitrogens is 1. The molecule has 1 saturated heterocycles. The maximum Gasteiger partial charge on any atom is 0.254 e. The van der Waals surface area contributed by atoms with E-state index in [9.17, 15) is 9.18 Å². The van der Waals surface area contributed by atoms with Crippen LogP contribution < -0.4 is 10.2 Å². The van der Waals surface area contributed by atoms with Gasteiger partial charge in [-0.25, -0.2) is 9.37 Å². The van der Waals surface area contributed by atoms with Crippen molar-refractivity contribution >= 4 is 27.7 Å². The predicted octanol–water partition coefficient (Wildman–Crippen LogP) is 3.51. The number of carbonyl (C=O) groups is 1. The van der Waals surface area contributed by atoms with E-state index in [1.807, 2.05) is 12.1 Å². The normalized spacial score (nSPS) is 14.1.